The molecule has 7 heteroatoms. The van der Waals surface area contributed by atoms with Gasteiger partial charge in [0.05, 0.1) is 18.5 Å². The third kappa shape index (κ3) is 4.93. The van der Waals surface area contributed by atoms with Crippen LogP contribution in [-0.4, -0.2) is 53.6 Å². The van der Waals surface area contributed by atoms with Crippen molar-refractivity contribution >= 4 is 11.6 Å². The van der Waals surface area contributed by atoms with E-state index in [0.29, 0.717) is 18.1 Å². The zero-order valence-electron chi connectivity index (χ0n) is 16.6. The number of piperazine rings is 1. The largest absolute Gasteiger partial charge is 0.461 e. The van der Waals surface area contributed by atoms with Crippen LogP contribution in [0, 0.1) is 0 Å². The molecule has 152 valence electrons. The molecular formula is C22H26N4O3. The summed E-state index contributed by atoms with van der Waals surface area (Å²) in [6.07, 6.45) is 2.52. The average Bonchev–Trinajstić information content (AvgIpc) is 3.42. The van der Waals surface area contributed by atoms with Gasteiger partial charge in [-0.15, -0.1) is 0 Å². The Morgan fingerprint density at radius 2 is 1.86 bits per heavy atom. The predicted molar refractivity (Wildman–Crippen MR) is 110 cm³/mol. The molecule has 3 aromatic rings. The summed E-state index contributed by atoms with van der Waals surface area (Å²) in [4.78, 5) is 17.0. The first-order chi connectivity index (χ1) is 14.2. The molecule has 0 saturated carbocycles. The molecule has 1 saturated heterocycles. The molecule has 0 spiro atoms. The molecule has 1 aliphatic rings. The van der Waals surface area contributed by atoms with Crippen LogP contribution in [0.15, 0.2) is 57.7 Å². The standard InChI is InChI=1S/C22H26N4O3/c1-2-17-6-3-4-7-19(17)23-22(27)16-26-11-9-25(10-12-26)15-18-14-21(29-24-18)20-8-5-13-28-20/h3-8,13-14H,2,9-12,15-16H2,1H3,(H,23,27). The molecule has 1 N–H and O–H groups in total. The van der Waals surface area contributed by atoms with Gasteiger partial charge >= 0.3 is 0 Å². The van der Waals surface area contributed by atoms with Crippen LogP contribution < -0.4 is 5.32 Å². The van der Waals surface area contributed by atoms with Gasteiger partial charge in [-0.3, -0.25) is 14.6 Å². The van der Waals surface area contributed by atoms with E-state index >= 15 is 0 Å². The molecule has 1 fully saturated rings. The average molecular weight is 394 g/mol. The van der Waals surface area contributed by atoms with Crippen LogP contribution in [-0.2, 0) is 17.8 Å². The summed E-state index contributed by atoms with van der Waals surface area (Å²) in [6, 6.07) is 13.6. The van der Waals surface area contributed by atoms with Crippen LogP contribution in [0.5, 0.6) is 0 Å². The van der Waals surface area contributed by atoms with Crippen molar-refractivity contribution < 1.29 is 13.7 Å². The lowest BCUT2D eigenvalue weighted by atomic mass is 10.1. The Labute approximate surface area is 170 Å². The molecule has 0 unspecified atom stereocenters. The Bertz CT molecular complexity index is 927. The highest BCUT2D eigenvalue weighted by atomic mass is 16.5. The Morgan fingerprint density at radius 1 is 1.07 bits per heavy atom. The second-order valence-corrected chi connectivity index (χ2v) is 7.27. The van der Waals surface area contributed by atoms with Crippen molar-refractivity contribution in [2.45, 2.75) is 19.9 Å². The molecule has 1 aromatic carbocycles. The highest BCUT2D eigenvalue weighted by Gasteiger charge is 2.20. The number of para-hydroxylation sites is 1. The lowest BCUT2D eigenvalue weighted by molar-refractivity contribution is -0.117. The van der Waals surface area contributed by atoms with Crippen LogP contribution in [0.3, 0.4) is 0 Å². The van der Waals surface area contributed by atoms with E-state index in [1.165, 1.54) is 0 Å². The van der Waals surface area contributed by atoms with Crippen molar-refractivity contribution in [1.82, 2.24) is 15.0 Å². The highest BCUT2D eigenvalue weighted by Crippen LogP contribution is 2.21. The van der Waals surface area contributed by atoms with Gasteiger partial charge in [0, 0.05) is 44.5 Å². The van der Waals surface area contributed by atoms with Crippen molar-refractivity contribution in [3.8, 4) is 11.5 Å². The van der Waals surface area contributed by atoms with E-state index in [4.69, 9.17) is 8.94 Å². The Balaban J connectivity index is 1.24. The number of nitrogens with one attached hydrogen (secondary N) is 1. The zero-order chi connectivity index (χ0) is 20.1. The Kier molecular flexibility index (Phi) is 6.07. The monoisotopic (exact) mass is 394 g/mol. The first kappa shape index (κ1) is 19.4. The summed E-state index contributed by atoms with van der Waals surface area (Å²) in [5, 5.41) is 7.19. The first-order valence-corrected chi connectivity index (χ1v) is 10.0. The molecule has 0 aliphatic carbocycles. The van der Waals surface area contributed by atoms with Gasteiger partial charge in [-0.05, 0) is 30.2 Å². The molecule has 1 aliphatic heterocycles. The van der Waals surface area contributed by atoms with Gasteiger partial charge in [0.25, 0.3) is 0 Å². The van der Waals surface area contributed by atoms with Gasteiger partial charge in [0.15, 0.2) is 5.76 Å². The van der Waals surface area contributed by atoms with Gasteiger partial charge in [0.2, 0.25) is 11.7 Å². The van der Waals surface area contributed by atoms with Crippen molar-refractivity contribution in [2.75, 3.05) is 38.0 Å². The molecular weight excluding hydrogens is 368 g/mol. The minimum atomic E-state index is 0.0407. The maximum Gasteiger partial charge on any atom is 0.238 e. The van der Waals surface area contributed by atoms with Crippen molar-refractivity contribution in [1.29, 1.82) is 0 Å². The summed E-state index contributed by atoms with van der Waals surface area (Å²) >= 11 is 0. The van der Waals surface area contributed by atoms with Gasteiger partial charge in [-0.1, -0.05) is 30.3 Å². The van der Waals surface area contributed by atoms with Gasteiger partial charge in [0.1, 0.15) is 0 Å². The number of hydrogen-bond donors (Lipinski definition) is 1. The molecule has 0 radical (unpaired) electrons. The number of anilines is 1. The molecule has 0 atom stereocenters. The van der Waals surface area contributed by atoms with E-state index in [1.54, 1.807) is 6.26 Å². The molecule has 3 heterocycles. The number of carbonyl (C=O) groups excluding carboxylic acids is 1. The van der Waals surface area contributed by atoms with E-state index in [0.717, 1.165) is 56.1 Å². The quantitative estimate of drug-likeness (QED) is 0.663. The van der Waals surface area contributed by atoms with E-state index in [9.17, 15) is 4.79 Å². The van der Waals surface area contributed by atoms with E-state index < -0.39 is 0 Å². The maximum absolute atomic E-state index is 12.4. The van der Waals surface area contributed by atoms with E-state index in [-0.39, 0.29) is 5.91 Å². The smallest absolute Gasteiger partial charge is 0.238 e. The number of carbonyl (C=O) groups is 1. The number of furan rings is 1. The van der Waals surface area contributed by atoms with Crippen molar-refractivity contribution in [3.63, 3.8) is 0 Å². The molecule has 2 aromatic heterocycles. The summed E-state index contributed by atoms with van der Waals surface area (Å²) in [5.74, 6) is 1.37. The van der Waals surface area contributed by atoms with Crippen molar-refractivity contribution in [3.05, 3.63) is 60.0 Å². The van der Waals surface area contributed by atoms with E-state index in [1.807, 2.05) is 36.4 Å². The Morgan fingerprint density at radius 3 is 2.62 bits per heavy atom. The minimum absolute atomic E-state index is 0.0407. The van der Waals surface area contributed by atoms with Gasteiger partial charge in [-0.25, -0.2) is 0 Å². The van der Waals surface area contributed by atoms with Crippen LogP contribution in [0.1, 0.15) is 18.2 Å². The number of benzene rings is 1. The van der Waals surface area contributed by atoms with Gasteiger partial charge < -0.3 is 14.3 Å². The summed E-state index contributed by atoms with van der Waals surface area (Å²) in [7, 11) is 0. The van der Waals surface area contributed by atoms with Crippen LogP contribution >= 0.6 is 0 Å². The lowest BCUT2D eigenvalue weighted by Gasteiger charge is -2.33. The normalized spacial score (nSPS) is 15.5. The fraction of sp³-hybridized carbons (Fsp3) is 0.364. The molecule has 1 amide bonds. The Hall–Kier alpha value is -2.90. The number of hydrogen-bond acceptors (Lipinski definition) is 6. The third-order valence-corrected chi connectivity index (χ3v) is 5.21. The second kappa shape index (κ2) is 9.07. The number of rotatable bonds is 7. The van der Waals surface area contributed by atoms with Crippen LogP contribution in [0.25, 0.3) is 11.5 Å². The van der Waals surface area contributed by atoms with Gasteiger partial charge in [-0.2, -0.15) is 0 Å². The SMILES string of the molecule is CCc1ccccc1NC(=O)CN1CCN(Cc2cc(-c3ccco3)on2)CC1. The number of aromatic nitrogens is 1. The third-order valence-electron chi connectivity index (χ3n) is 5.21. The zero-order valence-corrected chi connectivity index (χ0v) is 16.6. The minimum Gasteiger partial charge on any atom is -0.461 e. The van der Waals surface area contributed by atoms with Crippen molar-refractivity contribution in [2.24, 2.45) is 0 Å². The fourth-order valence-corrected chi connectivity index (χ4v) is 3.60. The fourth-order valence-electron chi connectivity index (χ4n) is 3.60. The topological polar surface area (TPSA) is 74.8 Å². The number of amides is 1. The predicted octanol–water partition coefficient (Wildman–Crippen LogP) is 3.25. The molecule has 4 rings (SSSR count). The lowest BCUT2D eigenvalue weighted by Crippen LogP contribution is -2.48. The number of aryl methyl sites for hydroxylation is 1. The summed E-state index contributed by atoms with van der Waals surface area (Å²) in [6.45, 7) is 6.73. The molecule has 29 heavy (non-hydrogen) atoms. The van der Waals surface area contributed by atoms with Crippen LogP contribution in [0.2, 0.25) is 0 Å². The second-order valence-electron chi connectivity index (χ2n) is 7.27. The maximum atomic E-state index is 12.4. The first-order valence-electron chi connectivity index (χ1n) is 10.0. The highest BCUT2D eigenvalue weighted by molar-refractivity contribution is 5.93. The number of nitrogens with zero attached hydrogens (tertiary/aromatic N) is 3. The van der Waals surface area contributed by atoms with Crippen LogP contribution in [0.4, 0.5) is 5.69 Å². The van der Waals surface area contributed by atoms with E-state index in [2.05, 4.69) is 33.3 Å². The molecule has 7 nitrogen and oxygen atoms in total. The summed E-state index contributed by atoms with van der Waals surface area (Å²) in [5.41, 5.74) is 2.96. The summed E-state index contributed by atoms with van der Waals surface area (Å²) < 4.78 is 10.7. The molecule has 0 bridgehead atoms.